The number of fused-ring (bicyclic) bond motifs is 2. The maximum Gasteiger partial charge on any atom is 0.173 e. The Morgan fingerprint density at radius 1 is 1.16 bits per heavy atom. The molecule has 1 aliphatic rings. The van der Waals surface area contributed by atoms with E-state index in [2.05, 4.69) is 60.5 Å². The molecule has 5 rings (SSSR count). The molecule has 9 heteroatoms. The van der Waals surface area contributed by atoms with Crippen LogP contribution in [0.25, 0.3) is 16.7 Å². The lowest BCUT2D eigenvalue weighted by molar-refractivity contribution is 0.318. The zero-order valence-corrected chi connectivity index (χ0v) is 19.5. The first kappa shape index (κ1) is 21.6. The van der Waals surface area contributed by atoms with E-state index in [0.29, 0.717) is 6.54 Å². The summed E-state index contributed by atoms with van der Waals surface area (Å²) in [4.78, 5) is 11.7. The molecule has 0 unspecified atom stereocenters. The Kier molecular flexibility index (Phi) is 6.72. The highest BCUT2D eigenvalue weighted by Crippen LogP contribution is 2.26. The third kappa shape index (κ3) is 4.67. The van der Waals surface area contributed by atoms with Gasteiger partial charge in [0.05, 0.1) is 28.0 Å². The highest BCUT2D eigenvalue weighted by molar-refractivity contribution is 9.10. The molecular formula is C22H28BrN7O. The SMILES string of the molecule is CCO.Cn1cnc2cc(CNc3cc(N4CCCCC4)nc4c(Br)cnn34)ccc21. The minimum atomic E-state index is 0.250. The van der Waals surface area contributed by atoms with Gasteiger partial charge in [-0.2, -0.15) is 9.61 Å². The number of aliphatic hydroxyl groups is 1. The van der Waals surface area contributed by atoms with Crippen molar-refractivity contribution >= 4 is 44.2 Å². The third-order valence-electron chi connectivity index (χ3n) is 5.36. The Balaban J connectivity index is 0.000000730. The van der Waals surface area contributed by atoms with Gasteiger partial charge in [-0.15, -0.1) is 0 Å². The number of anilines is 2. The maximum absolute atomic E-state index is 7.57. The van der Waals surface area contributed by atoms with E-state index in [-0.39, 0.29) is 6.61 Å². The van der Waals surface area contributed by atoms with Gasteiger partial charge in [-0.3, -0.25) is 0 Å². The molecule has 8 nitrogen and oxygen atoms in total. The van der Waals surface area contributed by atoms with Crippen molar-refractivity contribution in [3.05, 3.63) is 46.8 Å². The van der Waals surface area contributed by atoms with Gasteiger partial charge in [-0.25, -0.2) is 9.97 Å². The molecule has 1 fully saturated rings. The number of aryl methyl sites for hydroxylation is 1. The summed E-state index contributed by atoms with van der Waals surface area (Å²) < 4.78 is 4.80. The summed E-state index contributed by atoms with van der Waals surface area (Å²) >= 11 is 3.58. The lowest BCUT2D eigenvalue weighted by Gasteiger charge is -2.28. The van der Waals surface area contributed by atoms with Crippen LogP contribution in [0.5, 0.6) is 0 Å². The predicted octanol–water partition coefficient (Wildman–Crippen LogP) is 3.98. The predicted molar refractivity (Wildman–Crippen MR) is 128 cm³/mol. The largest absolute Gasteiger partial charge is 0.397 e. The number of rotatable bonds is 4. The number of nitrogens with zero attached hydrogens (tertiary/aromatic N) is 6. The number of piperidine rings is 1. The molecule has 0 radical (unpaired) electrons. The van der Waals surface area contributed by atoms with E-state index in [0.717, 1.165) is 45.9 Å². The number of hydrogen-bond donors (Lipinski definition) is 2. The molecule has 1 aliphatic heterocycles. The third-order valence-corrected chi connectivity index (χ3v) is 5.92. The van der Waals surface area contributed by atoms with Gasteiger partial charge in [0.25, 0.3) is 0 Å². The fourth-order valence-electron chi connectivity index (χ4n) is 3.82. The average molecular weight is 486 g/mol. The normalized spacial score (nSPS) is 14.0. The van der Waals surface area contributed by atoms with Gasteiger partial charge < -0.3 is 19.9 Å². The molecular weight excluding hydrogens is 458 g/mol. The molecule has 2 N–H and O–H groups in total. The van der Waals surface area contributed by atoms with Crippen LogP contribution in [-0.4, -0.2) is 49.0 Å². The number of imidazole rings is 1. The number of aliphatic hydroxyl groups excluding tert-OH is 1. The number of halogens is 1. The van der Waals surface area contributed by atoms with Gasteiger partial charge in [0.1, 0.15) is 11.6 Å². The van der Waals surface area contributed by atoms with Crippen molar-refractivity contribution in [3.8, 4) is 0 Å². The summed E-state index contributed by atoms with van der Waals surface area (Å²) in [6.45, 7) is 4.75. The molecule has 164 valence electrons. The summed E-state index contributed by atoms with van der Waals surface area (Å²) in [5.74, 6) is 1.95. The van der Waals surface area contributed by atoms with Crippen LogP contribution in [0.2, 0.25) is 0 Å². The van der Waals surface area contributed by atoms with Crippen molar-refractivity contribution < 1.29 is 5.11 Å². The molecule has 1 saturated heterocycles. The van der Waals surface area contributed by atoms with Gasteiger partial charge in [0.15, 0.2) is 5.65 Å². The highest BCUT2D eigenvalue weighted by atomic mass is 79.9. The minimum Gasteiger partial charge on any atom is -0.397 e. The smallest absolute Gasteiger partial charge is 0.173 e. The van der Waals surface area contributed by atoms with Gasteiger partial charge in [-0.1, -0.05) is 6.07 Å². The zero-order chi connectivity index (χ0) is 21.8. The van der Waals surface area contributed by atoms with E-state index in [9.17, 15) is 0 Å². The van der Waals surface area contributed by atoms with E-state index in [1.165, 1.54) is 24.8 Å². The van der Waals surface area contributed by atoms with Crippen LogP contribution in [0.3, 0.4) is 0 Å². The molecule has 3 aromatic heterocycles. The molecule has 31 heavy (non-hydrogen) atoms. The Hall–Kier alpha value is -2.65. The quantitative estimate of drug-likeness (QED) is 0.454. The monoisotopic (exact) mass is 485 g/mol. The van der Waals surface area contributed by atoms with E-state index in [4.69, 9.17) is 10.1 Å². The standard InChI is InChI=1S/C20H22BrN7.C2H6O/c1-26-13-23-16-9-14(5-6-17(16)26)11-22-18-10-19(27-7-3-2-4-8-27)25-20-15(21)12-24-28(18)20;1-2-3/h5-6,9-10,12-13,22H,2-4,7-8,11H2,1H3;3H,2H2,1H3. The second-order valence-corrected chi connectivity index (χ2v) is 8.48. The molecule has 0 bridgehead atoms. The number of hydrogen-bond acceptors (Lipinski definition) is 6. The van der Waals surface area contributed by atoms with Gasteiger partial charge in [0, 0.05) is 39.4 Å². The lowest BCUT2D eigenvalue weighted by atomic mass is 10.1. The summed E-state index contributed by atoms with van der Waals surface area (Å²) in [7, 11) is 2.01. The summed E-state index contributed by atoms with van der Waals surface area (Å²) in [5.41, 5.74) is 4.17. The van der Waals surface area contributed by atoms with Crippen LogP contribution >= 0.6 is 15.9 Å². The van der Waals surface area contributed by atoms with Crippen LogP contribution in [0.4, 0.5) is 11.6 Å². The first-order valence-electron chi connectivity index (χ1n) is 10.6. The topological polar surface area (TPSA) is 83.5 Å². The van der Waals surface area contributed by atoms with Gasteiger partial charge in [-0.05, 0) is 59.8 Å². The van der Waals surface area contributed by atoms with E-state index in [1.54, 1.807) is 13.1 Å². The van der Waals surface area contributed by atoms with Crippen molar-refractivity contribution in [2.24, 2.45) is 7.05 Å². The molecule has 1 aromatic carbocycles. The van der Waals surface area contributed by atoms with Gasteiger partial charge >= 0.3 is 0 Å². The number of nitrogens with one attached hydrogen (secondary N) is 1. The van der Waals surface area contributed by atoms with Crippen LogP contribution in [0, 0.1) is 0 Å². The van der Waals surface area contributed by atoms with Gasteiger partial charge in [0.2, 0.25) is 0 Å². The van der Waals surface area contributed by atoms with E-state index in [1.807, 2.05) is 22.5 Å². The molecule has 0 amide bonds. The second-order valence-electron chi connectivity index (χ2n) is 7.62. The fraction of sp³-hybridized carbons (Fsp3) is 0.409. The maximum atomic E-state index is 7.57. The Labute approximate surface area is 190 Å². The molecule has 4 heterocycles. The molecule has 0 spiro atoms. The lowest BCUT2D eigenvalue weighted by Crippen LogP contribution is -2.30. The van der Waals surface area contributed by atoms with Crippen molar-refractivity contribution in [2.45, 2.75) is 32.7 Å². The summed E-state index contributed by atoms with van der Waals surface area (Å²) in [6.07, 6.45) is 7.39. The number of aromatic nitrogens is 5. The van der Waals surface area contributed by atoms with Crippen LogP contribution < -0.4 is 10.2 Å². The summed E-state index contributed by atoms with van der Waals surface area (Å²) in [6, 6.07) is 8.49. The molecule has 0 atom stereocenters. The Morgan fingerprint density at radius 3 is 2.71 bits per heavy atom. The highest BCUT2D eigenvalue weighted by Gasteiger charge is 2.16. The van der Waals surface area contributed by atoms with Crippen molar-refractivity contribution in [1.82, 2.24) is 24.1 Å². The van der Waals surface area contributed by atoms with E-state index < -0.39 is 0 Å². The van der Waals surface area contributed by atoms with Crippen LogP contribution in [-0.2, 0) is 13.6 Å². The minimum absolute atomic E-state index is 0.250. The van der Waals surface area contributed by atoms with Crippen molar-refractivity contribution in [1.29, 1.82) is 0 Å². The Morgan fingerprint density at radius 2 is 1.94 bits per heavy atom. The van der Waals surface area contributed by atoms with Crippen molar-refractivity contribution in [2.75, 3.05) is 29.9 Å². The Bertz CT molecular complexity index is 1160. The first-order chi connectivity index (χ1) is 15.1. The fourth-order valence-corrected chi connectivity index (χ4v) is 4.17. The summed E-state index contributed by atoms with van der Waals surface area (Å²) in [5, 5.41) is 15.6. The van der Waals surface area contributed by atoms with Crippen molar-refractivity contribution in [3.63, 3.8) is 0 Å². The van der Waals surface area contributed by atoms with E-state index >= 15 is 0 Å². The molecule has 0 aliphatic carbocycles. The zero-order valence-electron chi connectivity index (χ0n) is 17.9. The van der Waals surface area contributed by atoms with Crippen LogP contribution in [0.1, 0.15) is 31.7 Å². The molecule has 0 saturated carbocycles. The number of benzene rings is 1. The second kappa shape index (κ2) is 9.65. The van der Waals surface area contributed by atoms with Crippen LogP contribution in [0.15, 0.2) is 41.3 Å². The average Bonchev–Trinajstić information content (AvgIpc) is 3.36. The molecule has 4 aromatic rings. The first-order valence-corrected chi connectivity index (χ1v) is 11.4.